The Kier molecular flexibility index (Phi) is 5.38. The standard InChI is InChI=1S/C30H32N2/c1-5-21(3)25-19-31(27-15-9-7-13-23(25)27)29-17-11-12-18-30(29)32-20-26(22(4)6-2)24-14-8-10-16-28(24)32/h7-22H,5-6H2,1-4H3. The van der Waals surface area contributed by atoms with Crippen LogP contribution in [0.15, 0.2) is 85.2 Å². The summed E-state index contributed by atoms with van der Waals surface area (Å²) in [5.74, 6) is 1.05. The zero-order valence-electron chi connectivity index (χ0n) is 19.5. The van der Waals surface area contributed by atoms with Gasteiger partial charge in [0, 0.05) is 23.2 Å². The van der Waals surface area contributed by atoms with Crippen molar-refractivity contribution in [1.82, 2.24) is 9.13 Å². The van der Waals surface area contributed by atoms with Crippen molar-refractivity contribution in [2.24, 2.45) is 0 Å². The lowest BCUT2D eigenvalue weighted by Crippen LogP contribution is -2.01. The summed E-state index contributed by atoms with van der Waals surface area (Å²) < 4.78 is 4.79. The normalized spacial score (nSPS) is 13.6. The van der Waals surface area contributed by atoms with Crippen molar-refractivity contribution in [3.63, 3.8) is 0 Å². The zero-order chi connectivity index (χ0) is 22.2. The summed E-state index contributed by atoms with van der Waals surface area (Å²) >= 11 is 0. The second kappa shape index (κ2) is 8.35. The largest absolute Gasteiger partial charge is 0.314 e. The first-order chi connectivity index (χ1) is 15.6. The highest BCUT2D eigenvalue weighted by Crippen LogP contribution is 2.36. The molecule has 2 nitrogen and oxygen atoms in total. The van der Waals surface area contributed by atoms with Gasteiger partial charge in [-0.1, -0.05) is 76.2 Å². The van der Waals surface area contributed by atoms with Crippen LogP contribution in [0.4, 0.5) is 0 Å². The number of para-hydroxylation sites is 4. The first kappa shape index (κ1) is 20.6. The molecule has 3 aromatic carbocycles. The smallest absolute Gasteiger partial charge is 0.0697 e. The SMILES string of the molecule is CCC(C)c1cn(-c2ccccc2-n2cc(C(C)CC)c3ccccc32)c2ccccc12. The van der Waals surface area contributed by atoms with E-state index >= 15 is 0 Å². The first-order valence-corrected chi connectivity index (χ1v) is 11.9. The molecular formula is C30H32N2. The predicted molar refractivity (Wildman–Crippen MR) is 138 cm³/mol. The Balaban J connectivity index is 1.78. The van der Waals surface area contributed by atoms with Crippen molar-refractivity contribution < 1.29 is 0 Å². The fraction of sp³-hybridized carbons (Fsp3) is 0.267. The van der Waals surface area contributed by atoms with Crippen LogP contribution in [0.5, 0.6) is 0 Å². The highest BCUT2D eigenvalue weighted by atomic mass is 15.0. The van der Waals surface area contributed by atoms with Crippen molar-refractivity contribution in [3.8, 4) is 11.4 Å². The maximum atomic E-state index is 2.39. The van der Waals surface area contributed by atoms with Gasteiger partial charge in [0.15, 0.2) is 0 Å². The highest BCUT2D eigenvalue weighted by molar-refractivity contribution is 5.89. The van der Waals surface area contributed by atoms with Gasteiger partial charge in [-0.25, -0.2) is 0 Å². The molecule has 0 N–H and O–H groups in total. The Morgan fingerprint density at radius 2 is 0.938 bits per heavy atom. The summed E-state index contributed by atoms with van der Waals surface area (Å²) in [4.78, 5) is 0. The third kappa shape index (κ3) is 3.26. The third-order valence-corrected chi connectivity index (χ3v) is 7.17. The van der Waals surface area contributed by atoms with Gasteiger partial charge in [-0.15, -0.1) is 0 Å². The lowest BCUT2D eigenvalue weighted by molar-refractivity contribution is 0.736. The third-order valence-electron chi connectivity index (χ3n) is 7.17. The van der Waals surface area contributed by atoms with Gasteiger partial charge in [-0.05, 0) is 60.1 Å². The summed E-state index contributed by atoms with van der Waals surface area (Å²) in [5, 5.41) is 2.71. The molecule has 32 heavy (non-hydrogen) atoms. The van der Waals surface area contributed by atoms with Gasteiger partial charge in [0.05, 0.1) is 22.4 Å². The van der Waals surface area contributed by atoms with Crippen molar-refractivity contribution in [1.29, 1.82) is 0 Å². The van der Waals surface area contributed by atoms with E-state index in [1.807, 2.05) is 0 Å². The van der Waals surface area contributed by atoms with E-state index in [-0.39, 0.29) is 0 Å². The minimum atomic E-state index is 0.526. The van der Waals surface area contributed by atoms with E-state index in [0.717, 1.165) is 12.8 Å². The molecule has 0 aliphatic rings. The molecule has 0 spiro atoms. The van der Waals surface area contributed by atoms with E-state index < -0.39 is 0 Å². The summed E-state index contributed by atoms with van der Waals surface area (Å²) in [5.41, 5.74) is 7.83. The molecule has 0 radical (unpaired) electrons. The average Bonchev–Trinajstić information content (AvgIpc) is 3.42. The molecule has 0 saturated carbocycles. The molecule has 162 valence electrons. The van der Waals surface area contributed by atoms with Crippen molar-refractivity contribution >= 4 is 21.8 Å². The molecule has 5 aromatic rings. The van der Waals surface area contributed by atoms with Gasteiger partial charge in [0.2, 0.25) is 0 Å². The second-order valence-electron chi connectivity index (χ2n) is 9.05. The molecule has 2 heteroatoms. The highest BCUT2D eigenvalue weighted by Gasteiger charge is 2.18. The lowest BCUT2D eigenvalue weighted by atomic mass is 9.98. The van der Waals surface area contributed by atoms with Gasteiger partial charge in [0.1, 0.15) is 0 Å². The van der Waals surface area contributed by atoms with E-state index in [9.17, 15) is 0 Å². The number of benzene rings is 3. The quantitative estimate of drug-likeness (QED) is 0.260. The molecule has 0 amide bonds. The zero-order valence-corrected chi connectivity index (χ0v) is 19.5. The Morgan fingerprint density at radius 1 is 0.562 bits per heavy atom. The van der Waals surface area contributed by atoms with Crippen molar-refractivity contribution in [2.75, 3.05) is 0 Å². The van der Waals surface area contributed by atoms with Gasteiger partial charge in [-0.2, -0.15) is 0 Å². The van der Waals surface area contributed by atoms with E-state index in [2.05, 4.69) is 122 Å². The van der Waals surface area contributed by atoms with Gasteiger partial charge >= 0.3 is 0 Å². The first-order valence-electron chi connectivity index (χ1n) is 11.9. The Labute approximate surface area is 191 Å². The number of aromatic nitrogens is 2. The summed E-state index contributed by atoms with van der Waals surface area (Å²) in [6.45, 7) is 9.20. The summed E-state index contributed by atoms with van der Waals surface area (Å²) in [6, 6.07) is 26.4. The maximum Gasteiger partial charge on any atom is 0.0697 e. The summed E-state index contributed by atoms with van der Waals surface area (Å²) in [7, 11) is 0. The maximum absolute atomic E-state index is 2.39. The Morgan fingerprint density at radius 3 is 1.34 bits per heavy atom. The van der Waals surface area contributed by atoms with Crippen LogP contribution in [0.3, 0.4) is 0 Å². The van der Waals surface area contributed by atoms with Crippen molar-refractivity contribution in [2.45, 2.75) is 52.4 Å². The van der Waals surface area contributed by atoms with Crippen LogP contribution in [-0.4, -0.2) is 9.13 Å². The van der Waals surface area contributed by atoms with Crippen LogP contribution in [0.1, 0.15) is 63.5 Å². The number of fused-ring (bicyclic) bond motifs is 2. The van der Waals surface area contributed by atoms with Crippen LogP contribution < -0.4 is 0 Å². The predicted octanol–water partition coefficient (Wildman–Crippen LogP) is 8.60. The van der Waals surface area contributed by atoms with E-state index in [4.69, 9.17) is 0 Å². The van der Waals surface area contributed by atoms with Crippen LogP contribution in [0.25, 0.3) is 33.2 Å². The van der Waals surface area contributed by atoms with Gasteiger partial charge in [0.25, 0.3) is 0 Å². The van der Waals surface area contributed by atoms with Crippen LogP contribution in [0, 0.1) is 0 Å². The molecule has 0 bridgehead atoms. The summed E-state index contributed by atoms with van der Waals surface area (Å²) in [6.07, 6.45) is 6.99. The van der Waals surface area contributed by atoms with Crippen molar-refractivity contribution in [3.05, 3.63) is 96.3 Å². The van der Waals surface area contributed by atoms with E-state index in [0.29, 0.717) is 11.8 Å². The minimum Gasteiger partial charge on any atom is -0.314 e. The Bertz CT molecular complexity index is 1280. The molecule has 0 fully saturated rings. The Hall–Kier alpha value is -3.26. The molecule has 2 atom stereocenters. The molecule has 0 saturated heterocycles. The topological polar surface area (TPSA) is 9.86 Å². The van der Waals surface area contributed by atoms with Crippen LogP contribution >= 0.6 is 0 Å². The molecule has 0 aliphatic carbocycles. The molecule has 2 aromatic heterocycles. The molecule has 5 rings (SSSR count). The molecular weight excluding hydrogens is 388 g/mol. The molecule has 2 unspecified atom stereocenters. The van der Waals surface area contributed by atoms with E-state index in [1.54, 1.807) is 0 Å². The molecule has 0 aliphatic heterocycles. The van der Waals surface area contributed by atoms with E-state index in [1.165, 1.54) is 44.3 Å². The number of hydrogen-bond donors (Lipinski definition) is 0. The fourth-order valence-electron chi connectivity index (χ4n) is 4.91. The molecule has 2 heterocycles. The van der Waals surface area contributed by atoms with Crippen LogP contribution in [-0.2, 0) is 0 Å². The fourth-order valence-corrected chi connectivity index (χ4v) is 4.91. The average molecular weight is 421 g/mol. The second-order valence-corrected chi connectivity index (χ2v) is 9.05. The number of nitrogens with zero attached hydrogens (tertiary/aromatic N) is 2. The van der Waals surface area contributed by atoms with Gasteiger partial charge < -0.3 is 9.13 Å². The lowest BCUT2D eigenvalue weighted by Gasteiger charge is -2.14. The van der Waals surface area contributed by atoms with Gasteiger partial charge in [-0.3, -0.25) is 0 Å². The number of rotatable bonds is 6. The monoisotopic (exact) mass is 420 g/mol. The minimum absolute atomic E-state index is 0.526. The van der Waals surface area contributed by atoms with Crippen LogP contribution in [0.2, 0.25) is 0 Å². The number of hydrogen-bond acceptors (Lipinski definition) is 0.